The first kappa shape index (κ1) is 22.7. The minimum Gasteiger partial charge on any atom is -0.477 e. The SMILES string of the molecule is O=C(Nc1nc(C(=O)NCc2ncc(C(=O)O)s2)cs1)OCC1c2ccccc2-c2ccccc21. The largest absolute Gasteiger partial charge is 0.477 e. The number of amides is 2. The lowest BCUT2D eigenvalue weighted by atomic mass is 9.98. The molecule has 2 heterocycles. The molecule has 176 valence electrons. The Kier molecular flexibility index (Phi) is 6.25. The van der Waals surface area contributed by atoms with Crippen molar-refractivity contribution in [3.05, 3.63) is 86.8 Å². The van der Waals surface area contributed by atoms with E-state index in [0.717, 1.165) is 44.9 Å². The highest BCUT2D eigenvalue weighted by molar-refractivity contribution is 7.14. The molecule has 0 fully saturated rings. The molecule has 0 bridgehead atoms. The highest BCUT2D eigenvalue weighted by Crippen LogP contribution is 2.44. The quantitative estimate of drug-likeness (QED) is 0.334. The summed E-state index contributed by atoms with van der Waals surface area (Å²) in [5.41, 5.74) is 4.64. The van der Waals surface area contributed by atoms with E-state index in [4.69, 9.17) is 9.84 Å². The maximum absolute atomic E-state index is 12.4. The van der Waals surface area contributed by atoms with Crippen LogP contribution in [0.4, 0.5) is 9.93 Å². The number of aromatic carboxylic acids is 1. The molecule has 2 amide bonds. The third-order valence-electron chi connectivity index (χ3n) is 5.45. The number of rotatable bonds is 7. The first-order valence-electron chi connectivity index (χ1n) is 10.5. The third kappa shape index (κ3) is 4.77. The van der Waals surface area contributed by atoms with Gasteiger partial charge in [0.2, 0.25) is 0 Å². The number of ether oxygens (including phenoxy) is 1. The fourth-order valence-electron chi connectivity index (χ4n) is 3.89. The molecular weight excluding hydrogens is 488 g/mol. The third-order valence-corrected chi connectivity index (χ3v) is 7.20. The molecule has 4 aromatic rings. The predicted octanol–water partition coefficient (Wildman–Crippen LogP) is 4.59. The monoisotopic (exact) mass is 506 g/mol. The minimum atomic E-state index is -1.07. The fourth-order valence-corrected chi connectivity index (χ4v) is 5.27. The zero-order valence-corrected chi connectivity index (χ0v) is 19.7. The zero-order chi connectivity index (χ0) is 24.4. The molecule has 35 heavy (non-hydrogen) atoms. The van der Waals surface area contributed by atoms with Crippen molar-refractivity contribution in [3.63, 3.8) is 0 Å². The Hall–Kier alpha value is -4.09. The van der Waals surface area contributed by atoms with E-state index in [9.17, 15) is 14.4 Å². The number of thiazole rings is 2. The van der Waals surface area contributed by atoms with Crippen molar-refractivity contribution in [2.24, 2.45) is 0 Å². The van der Waals surface area contributed by atoms with Crippen molar-refractivity contribution >= 4 is 45.8 Å². The number of carboxylic acid groups (broad SMARTS) is 1. The van der Waals surface area contributed by atoms with Gasteiger partial charge in [-0.2, -0.15) is 0 Å². The van der Waals surface area contributed by atoms with Gasteiger partial charge in [0, 0.05) is 11.3 Å². The summed E-state index contributed by atoms with van der Waals surface area (Å²) in [5.74, 6) is -1.59. The molecule has 0 aliphatic heterocycles. The molecule has 2 aromatic carbocycles. The summed E-state index contributed by atoms with van der Waals surface area (Å²) in [6.45, 7) is 0.244. The van der Waals surface area contributed by atoms with Gasteiger partial charge in [-0.25, -0.2) is 19.6 Å². The second-order valence-electron chi connectivity index (χ2n) is 7.59. The average molecular weight is 507 g/mol. The number of anilines is 1. The molecule has 5 rings (SSSR count). The van der Waals surface area contributed by atoms with Gasteiger partial charge in [0.05, 0.1) is 12.7 Å². The van der Waals surface area contributed by atoms with Crippen LogP contribution in [-0.2, 0) is 11.3 Å². The van der Waals surface area contributed by atoms with Gasteiger partial charge < -0.3 is 15.2 Å². The first-order valence-corrected chi connectivity index (χ1v) is 12.2. The fraction of sp³-hybridized carbons (Fsp3) is 0.125. The number of hydrogen-bond acceptors (Lipinski definition) is 8. The molecule has 0 spiro atoms. The van der Waals surface area contributed by atoms with Crippen LogP contribution in [0.2, 0.25) is 0 Å². The first-order chi connectivity index (χ1) is 17.0. The minimum absolute atomic E-state index is 0.0571. The van der Waals surface area contributed by atoms with Gasteiger partial charge in [-0.05, 0) is 22.3 Å². The molecule has 0 atom stereocenters. The van der Waals surface area contributed by atoms with E-state index in [1.165, 1.54) is 11.6 Å². The highest BCUT2D eigenvalue weighted by Gasteiger charge is 2.29. The van der Waals surface area contributed by atoms with Crippen LogP contribution in [0, 0.1) is 0 Å². The number of carbonyl (C=O) groups excluding carboxylic acids is 2. The second kappa shape index (κ2) is 9.65. The number of carbonyl (C=O) groups is 3. The lowest BCUT2D eigenvalue weighted by molar-refractivity contribution is 0.0701. The predicted molar refractivity (Wildman–Crippen MR) is 131 cm³/mol. The Morgan fingerprint density at radius 3 is 2.37 bits per heavy atom. The number of nitrogens with zero attached hydrogens (tertiary/aromatic N) is 2. The number of benzene rings is 2. The van der Waals surface area contributed by atoms with Crippen molar-refractivity contribution in [2.75, 3.05) is 11.9 Å². The number of aromatic nitrogens is 2. The van der Waals surface area contributed by atoms with Gasteiger partial charge in [0.1, 0.15) is 22.2 Å². The number of carboxylic acids is 1. The maximum Gasteiger partial charge on any atom is 0.413 e. The summed E-state index contributed by atoms with van der Waals surface area (Å²) in [4.78, 5) is 43.9. The average Bonchev–Trinajstić information content (AvgIpc) is 3.59. The van der Waals surface area contributed by atoms with Crippen LogP contribution < -0.4 is 10.6 Å². The number of fused-ring (bicyclic) bond motifs is 3. The Labute approximate surface area is 207 Å². The van der Waals surface area contributed by atoms with E-state index < -0.39 is 18.0 Å². The Morgan fingerprint density at radius 2 is 1.71 bits per heavy atom. The van der Waals surface area contributed by atoms with E-state index in [2.05, 4.69) is 32.7 Å². The molecule has 1 aliphatic rings. The Morgan fingerprint density at radius 1 is 1.03 bits per heavy atom. The normalized spacial score (nSPS) is 12.0. The van der Waals surface area contributed by atoms with Crippen LogP contribution in [0.25, 0.3) is 11.1 Å². The maximum atomic E-state index is 12.4. The van der Waals surface area contributed by atoms with Crippen LogP contribution >= 0.6 is 22.7 Å². The van der Waals surface area contributed by atoms with E-state index in [1.54, 1.807) is 0 Å². The molecule has 2 aromatic heterocycles. The summed E-state index contributed by atoms with van der Waals surface area (Å²) in [5, 5.41) is 16.4. The van der Waals surface area contributed by atoms with Gasteiger partial charge in [-0.3, -0.25) is 10.1 Å². The van der Waals surface area contributed by atoms with Gasteiger partial charge in [0.15, 0.2) is 5.13 Å². The van der Waals surface area contributed by atoms with Crippen LogP contribution in [0.1, 0.15) is 42.2 Å². The van der Waals surface area contributed by atoms with E-state index in [0.29, 0.717) is 5.01 Å². The van der Waals surface area contributed by atoms with Crippen LogP contribution in [-0.4, -0.2) is 39.7 Å². The van der Waals surface area contributed by atoms with E-state index in [-0.39, 0.29) is 34.8 Å². The van der Waals surface area contributed by atoms with Crippen LogP contribution in [0.3, 0.4) is 0 Å². The van der Waals surface area contributed by atoms with Crippen molar-refractivity contribution < 1.29 is 24.2 Å². The molecule has 0 unspecified atom stereocenters. The zero-order valence-electron chi connectivity index (χ0n) is 18.1. The molecule has 1 aliphatic carbocycles. The summed E-state index contributed by atoms with van der Waals surface area (Å²) in [7, 11) is 0. The molecule has 0 radical (unpaired) electrons. The summed E-state index contributed by atoms with van der Waals surface area (Å²) in [6.07, 6.45) is 0.588. The lowest BCUT2D eigenvalue weighted by Crippen LogP contribution is -2.23. The second-order valence-corrected chi connectivity index (χ2v) is 9.57. The standard InChI is InChI=1S/C24H18N4O5S2/c29-21(26-10-20-25-9-19(35-20)22(30)31)18-12-34-23(27-18)28-24(32)33-11-17-15-7-3-1-5-13(15)14-6-2-4-8-16(14)17/h1-9,12,17H,10-11H2,(H,26,29)(H,30,31)(H,27,28,32). The van der Waals surface area contributed by atoms with E-state index >= 15 is 0 Å². The molecule has 11 heteroatoms. The van der Waals surface area contributed by atoms with Crippen molar-refractivity contribution in [2.45, 2.75) is 12.5 Å². The van der Waals surface area contributed by atoms with E-state index in [1.807, 2.05) is 36.4 Å². The lowest BCUT2D eigenvalue weighted by Gasteiger charge is -2.14. The smallest absolute Gasteiger partial charge is 0.413 e. The summed E-state index contributed by atoms with van der Waals surface area (Å²) in [6, 6.07) is 16.1. The Balaban J connectivity index is 1.16. The summed E-state index contributed by atoms with van der Waals surface area (Å²) < 4.78 is 5.50. The van der Waals surface area contributed by atoms with Gasteiger partial charge >= 0.3 is 12.1 Å². The van der Waals surface area contributed by atoms with Crippen molar-refractivity contribution in [3.8, 4) is 11.1 Å². The van der Waals surface area contributed by atoms with Crippen LogP contribution in [0.15, 0.2) is 60.1 Å². The molecule has 3 N–H and O–H groups in total. The summed E-state index contributed by atoms with van der Waals surface area (Å²) >= 11 is 2.08. The van der Waals surface area contributed by atoms with Gasteiger partial charge in [-0.15, -0.1) is 22.7 Å². The van der Waals surface area contributed by atoms with Gasteiger partial charge in [-0.1, -0.05) is 48.5 Å². The Bertz CT molecular complexity index is 1390. The van der Waals surface area contributed by atoms with Crippen LogP contribution in [0.5, 0.6) is 0 Å². The topological polar surface area (TPSA) is 131 Å². The number of nitrogens with one attached hydrogen (secondary N) is 2. The highest BCUT2D eigenvalue weighted by atomic mass is 32.1. The molecule has 9 nitrogen and oxygen atoms in total. The molecular formula is C24H18N4O5S2. The molecule has 0 saturated heterocycles. The van der Waals surface area contributed by atoms with Crippen molar-refractivity contribution in [1.82, 2.24) is 15.3 Å². The van der Waals surface area contributed by atoms with Crippen molar-refractivity contribution in [1.29, 1.82) is 0 Å². The number of hydrogen-bond donors (Lipinski definition) is 3. The van der Waals surface area contributed by atoms with Gasteiger partial charge in [0.25, 0.3) is 5.91 Å². The molecule has 0 saturated carbocycles.